The minimum atomic E-state index is -4.45. The van der Waals surface area contributed by atoms with Gasteiger partial charge in [0, 0.05) is 24.0 Å². The molecule has 0 saturated heterocycles. The van der Waals surface area contributed by atoms with Crippen molar-refractivity contribution in [2.75, 3.05) is 11.9 Å². The molecule has 0 spiro atoms. The highest BCUT2D eigenvalue weighted by Crippen LogP contribution is 2.30. The second kappa shape index (κ2) is 11.1. The number of hydrogen-bond donors (Lipinski definition) is 3. The zero-order chi connectivity index (χ0) is 25.6. The zero-order valence-electron chi connectivity index (χ0n) is 19.4. The molecule has 7 nitrogen and oxygen atoms in total. The maximum absolute atomic E-state index is 12.9. The van der Waals surface area contributed by atoms with Gasteiger partial charge in [0.1, 0.15) is 0 Å². The van der Waals surface area contributed by atoms with E-state index in [2.05, 4.69) is 22.7 Å². The second-order valence-corrected chi connectivity index (χ2v) is 8.18. The number of carboxylic acids is 1. The second-order valence-electron chi connectivity index (χ2n) is 8.18. The summed E-state index contributed by atoms with van der Waals surface area (Å²) in [5.41, 5.74) is 2.72. The monoisotopic (exact) mass is 488 g/mol. The molecular formula is C25H27F3N4O3. The normalized spacial score (nSPS) is 12.3. The van der Waals surface area contributed by atoms with Crippen molar-refractivity contribution in [2.24, 2.45) is 0 Å². The number of aromatic nitrogens is 2. The summed E-state index contributed by atoms with van der Waals surface area (Å²) in [6.45, 7) is 3.92. The Bertz CT molecular complexity index is 1170. The number of alkyl halides is 3. The van der Waals surface area contributed by atoms with Gasteiger partial charge < -0.3 is 15.7 Å². The largest absolute Gasteiger partial charge is 0.481 e. The number of nitrogens with one attached hydrogen (secondary N) is 2. The highest BCUT2D eigenvalue weighted by Gasteiger charge is 2.32. The van der Waals surface area contributed by atoms with E-state index in [0.29, 0.717) is 11.3 Å². The number of halogens is 3. The summed E-state index contributed by atoms with van der Waals surface area (Å²) in [4.78, 5) is 22.8. The Hall–Kier alpha value is -3.82. The molecule has 0 bridgehead atoms. The number of benzene rings is 2. The van der Waals surface area contributed by atoms with E-state index in [4.69, 9.17) is 5.11 Å². The van der Waals surface area contributed by atoms with Crippen LogP contribution >= 0.6 is 0 Å². The summed E-state index contributed by atoms with van der Waals surface area (Å²) in [5.74, 6) is -1.32. The molecule has 1 heterocycles. The Morgan fingerprint density at radius 3 is 2.43 bits per heavy atom. The molecule has 10 heteroatoms. The van der Waals surface area contributed by atoms with Crippen LogP contribution in [-0.2, 0) is 11.0 Å². The molecular weight excluding hydrogens is 461 g/mol. The van der Waals surface area contributed by atoms with Crippen molar-refractivity contribution in [1.82, 2.24) is 15.1 Å². The minimum Gasteiger partial charge on any atom is -0.481 e. The van der Waals surface area contributed by atoms with Crippen LogP contribution in [0, 0.1) is 6.92 Å². The maximum Gasteiger partial charge on any atom is 0.419 e. The molecule has 0 aliphatic carbocycles. The van der Waals surface area contributed by atoms with Crippen LogP contribution in [0.4, 0.5) is 18.9 Å². The van der Waals surface area contributed by atoms with Crippen LogP contribution in [0.2, 0.25) is 0 Å². The number of aryl methyl sites for hydroxylation is 1. The minimum absolute atomic E-state index is 0.0455. The summed E-state index contributed by atoms with van der Waals surface area (Å²) in [6, 6.07) is 12.4. The molecule has 186 valence electrons. The SMILES string of the molecule is CCCC(Nc1ccc(-n2cc(C(F)(F)F)cn2)c(C)c1)c1ccc(C(=O)NCCC(=O)O)cc1. The predicted molar refractivity (Wildman–Crippen MR) is 126 cm³/mol. The van der Waals surface area contributed by atoms with E-state index in [0.717, 1.165) is 42.0 Å². The van der Waals surface area contributed by atoms with Gasteiger partial charge in [0.05, 0.1) is 29.9 Å². The number of amides is 1. The molecule has 0 aliphatic heterocycles. The molecule has 1 unspecified atom stereocenters. The molecule has 3 N–H and O–H groups in total. The zero-order valence-corrected chi connectivity index (χ0v) is 19.4. The lowest BCUT2D eigenvalue weighted by atomic mass is 10.00. The van der Waals surface area contributed by atoms with Crippen LogP contribution in [0.25, 0.3) is 5.69 Å². The van der Waals surface area contributed by atoms with Gasteiger partial charge in [-0.15, -0.1) is 0 Å². The number of rotatable bonds is 10. The summed E-state index contributed by atoms with van der Waals surface area (Å²) in [7, 11) is 0. The first-order chi connectivity index (χ1) is 16.6. The predicted octanol–water partition coefficient (Wildman–Crippen LogP) is 5.36. The number of carboxylic acid groups (broad SMARTS) is 1. The van der Waals surface area contributed by atoms with E-state index in [-0.39, 0.29) is 24.9 Å². The van der Waals surface area contributed by atoms with Crippen LogP contribution < -0.4 is 10.6 Å². The first kappa shape index (κ1) is 25.8. The van der Waals surface area contributed by atoms with Crippen molar-refractivity contribution in [3.63, 3.8) is 0 Å². The molecule has 1 amide bonds. The van der Waals surface area contributed by atoms with Crippen LogP contribution in [0.15, 0.2) is 54.9 Å². The van der Waals surface area contributed by atoms with Crippen LogP contribution in [0.5, 0.6) is 0 Å². The van der Waals surface area contributed by atoms with E-state index in [1.54, 1.807) is 24.3 Å². The molecule has 1 aromatic heterocycles. The third kappa shape index (κ3) is 6.84. The maximum atomic E-state index is 12.9. The fraction of sp³-hybridized carbons (Fsp3) is 0.320. The third-order valence-corrected chi connectivity index (χ3v) is 5.47. The quantitative estimate of drug-likeness (QED) is 0.357. The smallest absolute Gasteiger partial charge is 0.419 e. The fourth-order valence-corrected chi connectivity index (χ4v) is 3.67. The van der Waals surface area contributed by atoms with Gasteiger partial charge in [-0.05, 0) is 54.8 Å². The number of hydrogen-bond acceptors (Lipinski definition) is 4. The van der Waals surface area contributed by atoms with E-state index >= 15 is 0 Å². The Balaban J connectivity index is 1.72. The molecule has 0 aliphatic rings. The third-order valence-electron chi connectivity index (χ3n) is 5.47. The van der Waals surface area contributed by atoms with Gasteiger partial charge in [0.2, 0.25) is 0 Å². The first-order valence-corrected chi connectivity index (χ1v) is 11.2. The number of anilines is 1. The summed E-state index contributed by atoms with van der Waals surface area (Å²) in [5, 5.41) is 18.6. The highest BCUT2D eigenvalue weighted by molar-refractivity contribution is 5.94. The van der Waals surface area contributed by atoms with Gasteiger partial charge in [0.25, 0.3) is 5.91 Å². The van der Waals surface area contributed by atoms with Gasteiger partial charge in [-0.1, -0.05) is 25.5 Å². The highest BCUT2D eigenvalue weighted by atomic mass is 19.4. The summed E-state index contributed by atoms with van der Waals surface area (Å²) < 4.78 is 39.9. The van der Waals surface area contributed by atoms with Crippen molar-refractivity contribution in [3.05, 3.63) is 77.1 Å². The summed E-state index contributed by atoms with van der Waals surface area (Å²) >= 11 is 0. The van der Waals surface area contributed by atoms with E-state index in [9.17, 15) is 22.8 Å². The van der Waals surface area contributed by atoms with Gasteiger partial charge in [-0.25, -0.2) is 4.68 Å². The number of aliphatic carboxylic acids is 1. The van der Waals surface area contributed by atoms with E-state index in [1.165, 1.54) is 4.68 Å². The summed E-state index contributed by atoms with van der Waals surface area (Å²) in [6.07, 6.45) is -1.10. The Morgan fingerprint density at radius 1 is 1.14 bits per heavy atom. The van der Waals surface area contributed by atoms with E-state index < -0.39 is 17.7 Å². The van der Waals surface area contributed by atoms with Crippen molar-refractivity contribution in [2.45, 2.75) is 45.3 Å². The van der Waals surface area contributed by atoms with Crippen molar-refractivity contribution in [1.29, 1.82) is 0 Å². The standard InChI is InChI=1S/C25H27F3N4O3/c1-3-4-21(17-5-7-18(8-6-17)24(35)29-12-11-23(33)34)31-20-9-10-22(16(2)13-20)32-15-19(14-30-32)25(26,27)28/h5-10,13-15,21,31H,3-4,11-12H2,1-2H3,(H,29,35)(H,33,34). The number of carbonyl (C=O) groups is 2. The fourth-order valence-electron chi connectivity index (χ4n) is 3.67. The van der Waals surface area contributed by atoms with E-state index in [1.807, 2.05) is 25.1 Å². The number of nitrogens with zero attached hydrogens (tertiary/aromatic N) is 2. The lowest BCUT2D eigenvalue weighted by Gasteiger charge is -2.21. The molecule has 1 atom stereocenters. The lowest BCUT2D eigenvalue weighted by Crippen LogP contribution is -2.26. The molecule has 0 radical (unpaired) electrons. The molecule has 0 saturated carbocycles. The topological polar surface area (TPSA) is 96.3 Å². The van der Waals surface area contributed by atoms with Gasteiger partial charge in [0.15, 0.2) is 0 Å². The Morgan fingerprint density at radius 2 is 1.86 bits per heavy atom. The van der Waals surface area contributed by atoms with Crippen molar-refractivity contribution >= 4 is 17.6 Å². The molecule has 0 fully saturated rings. The van der Waals surface area contributed by atoms with Crippen LogP contribution in [-0.4, -0.2) is 33.3 Å². The van der Waals surface area contributed by atoms with Gasteiger partial charge in [-0.3, -0.25) is 9.59 Å². The van der Waals surface area contributed by atoms with Crippen LogP contribution in [0.3, 0.4) is 0 Å². The Labute approximate surface area is 201 Å². The number of carbonyl (C=O) groups excluding carboxylic acids is 1. The van der Waals surface area contributed by atoms with Crippen molar-refractivity contribution < 1.29 is 27.9 Å². The molecule has 3 aromatic rings. The van der Waals surface area contributed by atoms with Gasteiger partial charge >= 0.3 is 12.1 Å². The van der Waals surface area contributed by atoms with Gasteiger partial charge in [-0.2, -0.15) is 18.3 Å². The molecule has 35 heavy (non-hydrogen) atoms. The van der Waals surface area contributed by atoms with Crippen molar-refractivity contribution in [3.8, 4) is 5.69 Å². The Kier molecular flexibility index (Phi) is 8.16. The van der Waals surface area contributed by atoms with Crippen LogP contribution in [0.1, 0.15) is 59.3 Å². The average molecular weight is 489 g/mol. The first-order valence-electron chi connectivity index (χ1n) is 11.2. The lowest BCUT2D eigenvalue weighted by molar-refractivity contribution is -0.138. The molecule has 2 aromatic carbocycles. The molecule has 3 rings (SSSR count). The average Bonchev–Trinajstić information content (AvgIpc) is 3.29.